The number of aliphatic hydroxyl groups excluding tert-OH is 1. The van der Waals surface area contributed by atoms with Crippen LogP contribution in [0.5, 0.6) is 0 Å². The van der Waals surface area contributed by atoms with E-state index in [9.17, 15) is 5.11 Å². The van der Waals surface area contributed by atoms with E-state index < -0.39 is 0 Å². The van der Waals surface area contributed by atoms with E-state index in [-0.39, 0.29) is 6.10 Å². The summed E-state index contributed by atoms with van der Waals surface area (Å²) in [7, 11) is 1.64. The Morgan fingerprint density at radius 2 is 2.14 bits per heavy atom. The molecule has 1 aliphatic carbocycles. The summed E-state index contributed by atoms with van der Waals surface area (Å²) in [6, 6.07) is 0. The van der Waals surface area contributed by atoms with E-state index in [1.54, 1.807) is 7.11 Å². The molecule has 0 aromatic heterocycles. The third kappa shape index (κ3) is 2.10. The van der Waals surface area contributed by atoms with E-state index in [2.05, 4.69) is 4.90 Å². The van der Waals surface area contributed by atoms with Gasteiger partial charge in [-0.25, -0.2) is 0 Å². The van der Waals surface area contributed by atoms with Crippen LogP contribution in [0.1, 0.15) is 25.7 Å². The van der Waals surface area contributed by atoms with E-state index in [4.69, 9.17) is 4.74 Å². The van der Waals surface area contributed by atoms with Crippen LogP contribution in [-0.4, -0.2) is 49.5 Å². The molecule has 1 heterocycles. The average Bonchev–Trinajstić information content (AvgIpc) is 1.99. The molecule has 0 aromatic rings. The van der Waals surface area contributed by atoms with Crippen molar-refractivity contribution in [2.24, 2.45) is 5.41 Å². The lowest BCUT2D eigenvalue weighted by atomic mass is 9.63. The van der Waals surface area contributed by atoms with Gasteiger partial charge in [-0.3, -0.25) is 0 Å². The summed E-state index contributed by atoms with van der Waals surface area (Å²) in [5.74, 6) is 0. The van der Waals surface area contributed by atoms with Crippen molar-refractivity contribution in [2.45, 2.75) is 31.8 Å². The van der Waals surface area contributed by atoms with Gasteiger partial charge in [0.05, 0.1) is 12.7 Å². The van der Waals surface area contributed by atoms with Crippen LogP contribution in [0.4, 0.5) is 0 Å². The number of likely N-dealkylation sites (tertiary alicyclic amines) is 1. The molecule has 82 valence electrons. The molecule has 1 spiro atoms. The van der Waals surface area contributed by atoms with Crippen molar-refractivity contribution in [3.63, 3.8) is 0 Å². The van der Waals surface area contributed by atoms with Crippen molar-refractivity contribution in [2.75, 3.05) is 33.4 Å². The Labute approximate surface area is 86.0 Å². The van der Waals surface area contributed by atoms with Crippen LogP contribution in [-0.2, 0) is 4.74 Å². The summed E-state index contributed by atoms with van der Waals surface area (Å²) in [5.41, 5.74) is 0.714. The molecule has 1 aliphatic heterocycles. The fourth-order valence-corrected chi connectivity index (χ4v) is 2.66. The van der Waals surface area contributed by atoms with Crippen LogP contribution in [0, 0.1) is 5.41 Å². The number of rotatable bonds is 5. The lowest BCUT2D eigenvalue weighted by molar-refractivity contribution is -0.0664. The highest BCUT2D eigenvalue weighted by Crippen LogP contribution is 2.47. The normalized spacial score (nSPS) is 27.0. The Morgan fingerprint density at radius 3 is 2.64 bits per heavy atom. The lowest BCUT2D eigenvalue weighted by Gasteiger charge is -2.56. The third-order valence-corrected chi connectivity index (χ3v) is 3.67. The highest BCUT2D eigenvalue weighted by atomic mass is 16.5. The molecule has 14 heavy (non-hydrogen) atoms. The Bertz CT molecular complexity index is 184. The van der Waals surface area contributed by atoms with Crippen LogP contribution in [0.25, 0.3) is 0 Å². The minimum absolute atomic E-state index is 0.280. The monoisotopic (exact) mass is 199 g/mol. The number of aliphatic hydroxyl groups is 1. The third-order valence-electron chi connectivity index (χ3n) is 3.67. The summed E-state index contributed by atoms with van der Waals surface area (Å²) in [4.78, 5) is 2.46. The minimum atomic E-state index is -0.280. The van der Waals surface area contributed by atoms with E-state index in [0.29, 0.717) is 12.0 Å². The predicted molar refractivity (Wildman–Crippen MR) is 55.2 cm³/mol. The van der Waals surface area contributed by atoms with Crippen LogP contribution < -0.4 is 0 Å². The number of hydrogen-bond acceptors (Lipinski definition) is 3. The van der Waals surface area contributed by atoms with Gasteiger partial charge in [-0.05, 0) is 24.7 Å². The van der Waals surface area contributed by atoms with Gasteiger partial charge in [-0.2, -0.15) is 0 Å². The van der Waals surface area contributed by atoms with Crippen LogP contribution in [0.2, 0.25) is 0 Å². The summed E-state index contributed by atoms with van der Waals surface area (Å²) >= 11 is 0. The molecule has 1 atom stereocenters. The number of nitrogens with zero attached hydrogens (tertiary/aromatic N) is 1. The van der Waals surface area contributed by atoms with Gasteiger partial charge >= 0.3 is 0 Å². The highest BCUT2D eigenvalue weighted by molar-refractivity contribution is 5.00. The standard InChI is InChI=1S/C11H21NO2/c1-14-7-10(13)3-6-12-8-11(9-12)4-2-5-11/h10,13H,2-9H2,1H3. The van der Waals surface area contributed by atoms with Gasteiger partial charge in [0.2, 0.25) is 0 Å². The molecule has 2 aliphatic rings. The van der Waals surface area contributed by atoms with E-state index in [1.165, 1.54) is 32.4 Å². The topological polar surface area (TPSA) is 32.7 Å². The molecule has 2 rings (SSSR count). The molecule has 0 radical (unpaired) electrons. The first-order valence-electron chi connectivity index (χ1n) is 5.63. The Hall–Kier alpha value is -0.120. The molecule has 0 aromatic carbocycles. The molecule has 0 bridgehead atoms. The van der Waals surface area contributed by atoms with Gasteiger partial charge in [-0.15, -0.1) is 0 Å². The molecule has 0 amide bonds. The summed E-state index contributed by atoms with van der Waals surface area (Å²) in [6.45, 7) is 4.05. The van der Waals surface area contributed by atoms with Crippen molar-refractivity contribution < 1.29 is 9.84 Å². The molecule has 1 unspecified atom stereocenters. The van der Waals surface area contributed by atoms with E-state index in [0.717, 1.165) is 13.0 Å². The van der Waals surface area contributed by atoms with Gasteiger partial charge in [0.15, 0.2) is 0 Å². The first-order valence-corrected chi connectivity index (χ1v) is 5.63. The molecular weight excluding hydrogens is 178 g/mol. The molecule has 1 N–H and O–H groups in total. The van der Waals surface area contributed by atoms with Gasteiger partial charge in [0.25, 0.3) is 0 Å². The second-order valence-corrected chi connectivity index (χ2v) is 4.96. The first kappa shape index (κ1) is 10.4. The maximum absolute atomic E-state index is 9.47. The second-order valence-electron chi connectivity index (χ2n) is 4.96. The van der Waals surface area contributed by atoms with Crippen LogP contribution in [0.15, 0.2) is 0 Å². The van der Waals surface area contributed by atoms with Crippen molar-refractivity contribution in [3.8, 4) is 0 Å². The Morgan fingerprint density at radius 1 is 1.43 bits per heavy atom. The smallest absolute Gasteiger partial charge is 0.0785 e. The van der Waals surface area contributed by atoms with Crippen molar-refractivity contribution >= 4 is 0 Å². The second kappa shape index (κ2) is 4.17. The molecular formula is C11H21NO2. The van der Waals surface area contributed by atoms with Gasteiger partial charge in [0, 0.05) is 26.7 Å². The zero-order valence-corrected chi connectivity index (χ0v) is 9.04. The van der Waals surface area contributed by atoms with Crippen molar-refractivity contribution in [1.29, 1.82) is 0 Å². The van der Waals surface area contributed by atoms with Crippen LogP contribution >= 0.6 is 0 Å². The van der Waals surface area contributed by atoms with Crippen molar-refractivity contribution in [3.05, 3.63) is 0 Å². The zero-order chi connectivity index (χ0) is 10.0. The largest absolute Gasteiger partial charge is 0.391 e. The summed E-state index contributed by atoms with van der Waals surface area (Å²) in [6.07, 6.45) is 4.87. The maximum atomic E-state index is 9.47. The molecule has 2 fully saturated rings. The number of ether oxygens (including phenoxy) is 1. The van der Waals surface area contributed by atoms with Gasteiger partial charge in [-0.1, -0.05) is 6.42 Å². The zero-order valence-electron chi connectivity index (χ0n) is 9.04. The SMILES string of the molecule is COCC(O)CCN1CC2(CCC2)C1. The Kier molecular flexibility index (Phi) is 3.10. The van der Waals surface area contributed by atoms with Gasteiger partial charge in [0.1, 0.15) is 0 Å². The van der Waals surface area contributed by atoms with Crippen LogP contribution in [0.3, 0.4) is 0 Å². The minimum Gasteiger partial charge on any atom is -0.391 e. The predicted octanol–water partition coefficient (Wildman–Crippen LogP) is 0.870. The fraction of sp³-hybridized carbons (Fsp3) is 1.00. The molecule has 1 saturated heterocycles. The molecule has 1 saturated carbocycles. The average molecular weight is 199 g/mol. The van der Waals surface area contributed by atoms with E-state index in [1.807, 2.05) is 0 Å². The number of hydrogen-bond donors (Lipinski definition) is 1. The van der Waals surface area contributed by atoms with Crippen molar-refractivity contribution in [1.82, 2.24) is 4.90 Å². The first-order chi connectivity index (χ1) is 6.74. The quantitative estimate of drug-likeness (QED) is 0.713. The highest BCUT2D eigenvalue weighted by Gasteiger charge is 2.46. The Balaban J connectivity index is 1.55. The van der Waals surface area contributed by atoms with Gasteiger partial charge < -0.3 is 14.7 Å². The molecule has 3 heteroatoms. The fourth-order valence-electron chi connectivity index (χ4n) is 2.66. The van der Waals surface area contributed by atoms with E-state index >= 15 is 0 Å². The summed E-state index contributed by atoms with van der Waals surface area (Å²) < 4.78 is 4.89. The maximum Gasteiger partial charge on any atom is 0.0785 e. The summed E-state index contributed by atoms with van der Waals surface area (Å²) in [5, 5.41) is 9.47. The number of methoxy groups -OCH3 is 1. The lowest BCUT2D eigenvalue weighted by Crippen LogP contribution is -2.59. The molecule has 3 nitrogen and oxygen atoms in total.